The van der Waals surface area contributed by atoms with Gasteiger partial charge in [-0.1, -0.05) is 13.3 Å². The predicted molar refractivity (Wildman–Crippen MR) is 39.9 cm³/mol. The van der Waals surface area contributed by atoms with Crippen molar-refractivity contribution in [2.45, 2.75) is 32.2 Å². The van der Waals surface area contributed by atoms with Gasteiger partial charge in [-0.25, -0.2) is 5.32 Å². The van der Waals surface area contributed by atoms with Crippen molar-refractivity contribution in [2.24, 2.45) is 5.92 Å². The van der Waals surface area contributed by atoms with E-state index in [1.54, 1.807) is 0 Å². The topological polar surface area (TPSA) is 31.2 Å². The maximum absolute atomic E-state index is 10.3. The Morgan fingerprint density at radius 1 is 1.60 bits per heavy atom. The van der Waals surface area contributed by atoms with Crippen molar-refractivity contribution >= 4 is 6.29 Å². The van der Waals surface area contributed by atoms with E-state index in [0.717, 1.165) is 19.3 Å². The Kier molecular flexibility index (Phi) is 2.87. The quantitative estimate of drug-likeness (QED) is 0.526. The highest BCUT2D eigenvalue weighted by Gasteiger charge is 2.19. The van der Waals surface area contributed by atoms with Crippen LogP contribution < -0.4 is 5.32 Å². The Morgan fingerprint density at radius 3 is 2.90 bits per heavy atom. The van der Waals surface area contributed by atoms with Gasteiger partial charge in [-0.2, -0.15) is 0 Å². The molecule has 1 radical (unpaired) electrons. The van der Waals surface area contributed by atoms with Crippen molar-refractivity contribution in [1.29, 1.82) is 0 Å². The second kappa shape index (κ2) is 3.71. The van der Waals surface area contributed by atoms with Gasteiger partial charge >= 0.3 is 0 Å². The van der Waals surface area contributed by atoms with Crippen molar-refractivity contribution in [2.75, 3.05) is 6.54 Å². The second-order valence-electron chi connectivity index (χ2n) is 2.96. The summed E-state index contributed by atoms with van der Waals surface area (Å²) in [6.45, 7) is 2.91. The lowest BCUT2D eigenvalue weighted by atomic mass is 9.95. The van der Waals surface area contributed by atoms with Crippen molar-refractivity contribution in [3.05, 3.63) is 0 Å². The molecule has 1 saturated heterocycles. The van der Waals surface area contributed by atoms with E-state index < -0.39 is 0 Å². The van der Waals surface area contributed by atoms with Gasteiger partial charge in [-0.15, -0.1) is 0 Å². The van der Waals surface area contributed by atoms with Crippen LogP contribution in [0.4, 0.5) is 0 Å². The Bertz CT molecular complexity index is 108. The second-order valence-corrected chi connectivity index (χ2v) is 2.96. The molecule has 2 heteroatoms. The van der Waals surface area contributed by atoms with Crippen LogP contribution in [0.15, 0.2) is 0 Å². The molecular weight excluding hydrogens is 126 g/mol. The maximum Gasteiger partial charge on any atom is 0.124 e. The summed E-state index contributed by atoms with van der Waals surface area (Å²) in [7, 11) is 0. The fourth-order valence-corrected chi connectivity index (χ4v) is 1.33. The Labute approximate surface area is 62.0 Å². The lowest BCUT2D eigenvalue weighted by Gasteiger charge is -2.23. The average Bonchev–Trinajstić information content (AvgIpc) is 2.05. The minimum Gasteiger partial charge on any atom is -0.303 e. The Hall–Kier alpha value is -0.370. The number of rotatable bonds is 2. The first-order chi connectivity index (χ1) is 4.84. The van der Waals surface area contributed by atoms with Gasteiger partial charge < -0.3 is 4.79 Å². The van der Waals surface area contributed by atoms with Gasteiger partial charge in [0.2, 0.25) is 0 Å². The predicted octanol–water partition coefficient (Wildman–Crippen LogP) is 0.978. The summed E-state index contributed by atoms with van der Waals surface area (Å²) in [5, 5.41) is 4.37. The molecule has 1 fully saturated rings. The van der Waals surface area contributed by atoms with Crippen LogP contribution in [-0.2, 0) is 4.79 Å². The fourth-order valence-electron chi connectivity index (χ4n) is 1.33. The number of hydrogen-bond donors (Lipinski definition) is 0. The summed E-state index contributed by atoms with van der Waals surface area (Å²) < 4.78 is 0. The lowest BCUT2D eigenvalue weighted by Crippen LogP contribution is -2.33. The van der Waals surface area contributed by atoms with Crippen LogP contribution in [0.2, 0.25) is 0 Å². The Balaban J connectivity index is 2.30. The first-order valence-corrected chi connectivity index (χ1v) is 3.96. The van der Waals surface area contributed by atoms with Crippen LogP contribution in [0.1, 0.15) is 26.2 Å². The normalized spacial score (nSPS) is 29.5. The van der Waals surface area contributed by atoms with Gasteiger partial charge in [-0.05, 0) is 12.8 Å². The molecule has 57 valence electrons. The SMILES string of the molecule is CC(C=O)C1CCCC[N]1. The van der Waals surface area contributed by atoms with Gasteiger partial charge in [0.05, 0.1) is 0 Å². The summed E-state index contributed by atoms with van der Waals surface area (Å²) >= 11 is 0. The van der Waals surface area contributed by atoms with Crippen LogP contribution in [-0.4, -0.2) is 18.9 Å². The van der Waals surface area contributed by atoms with Crippen LogP contribution in [0.25, 0.3) is 0 Å². The zero-order valence-electron chi connectivity index (χ0n) is 6.42. The number of aldehydes is 1. The molecule has 0 N–H and O–H groups in total. The molecule has 1 aliphatic rings. The summed E-state index contributed by atoms with van der Waals surface area (Å²) in [5.41, 5.74) is 0. The highest BCUT2D eigenvalue weighted by Crippen LogP contribution is 2.14. The summed E-state index contributed by atoms with van der Waals surface area (Å²) in [6, 6.07) is 0.325. The molecule has 0 amide bonds. The summed E-state index contributed by atoms with van der Waals surface area (Å²) in [5.74, 6) is 0.139. The van der Waals surface area contributed by atoms with Crippen LogP contribution in [0.3, 0.4) is 0 Å². The van der Waals surface area contributed by atoms with E-state index in [9.17, 15) is 4.79 Å². The van der Waals surface area contributed by atoms with Crippen molar-refractivity contribution in [3.63, 3.8) is 0 Å². The van der Waals surface area contributed by atoms with E-state index >= 15 is 0 Å². The highest BCUT2D eigenvalue weighted by molar-refractivity contribution is 5.54. The molecule has 0 aliphatic carbocycles. The third kappa shape index (κ3) is 1.81. The molecule has 2 nitrogen and oxygen atoms in total. The van der Waals surface area contributed by atoms with Crippen molar-refractivity contribution in [1.82, 2.24) is 5.32 Å². The molecule has 0 aromatic carbocycles. The average molecular weight is 140 g/mol. The fraction of sp³-hybridized carbons (Fsp3) is 0.875. The zero-order chi connectivity index (χ0) is 7.40. The van der Waals surface area contributed by atoms with E-state index in [1.165, 1.54) is 12.8 Å². The minimum absolute atomic E-state index is 0.139. The van der Waals surface area contributed by atoms with E-state index in [4.69, 9.17) is 0 Å². The number of hydrogen-bond acceptors (Lipinski definition) is 1. The Morgan fingerprint density at radius 2 is 2.40 bits per heavy atom. The molecule has 0 bridgehead atoms. The standard InChI is InChI=1S/C8H14NO/c1-7(6-10)8-4-2-3-5-9-8/h6-8H,2-5H2,1H3. The van der Waals surface area contributed by atoms with Gasteiger partial charge in [-0.3, -0.25) is 0 Å². The monoisotopic (exact) mass is 140 g/mol. The summed E-state index contributed by atoms with van der Waals surface area (Å²) in [4.78, 5) is 10.3. The van der Waals surface area contributed by atoms with Crippen LogP contribution in [0, 0.1) is 5.92 Å². The first kappa shape index (κ1) is 7.73. The van der Waals surface area contributed by atoms with Gasteiger partial charge in [0, 0.05) is 18.5 Å². The largest absolute Gasteiger partial charge is 0.303 e. The first-order valence-electron chi connectivity index (χ1n) is 3.96. The highest BCUT2D eigenvalue weighted by atomic mass is 16.1. The van der Waals surface area contributed by atoms with E-state index in [2.05, 4.69) is 5.32 Å². The molecule has 1 rings (SSSR count). The van der Waals surface area contributed by atoms with Gasteiger partial charge in [0.15, 0.2) is 0 Å². The van der Waals surface area contributed by atoms with Crippen LogP contribution in [0.5, 0.6) is 0 Å². The minimum atomic E-state index is 0.139. The molecule has 0 saturated carbocycles. The van der Waals surface area contributed by atoms with E-state index in [0.29, 0.717) is 6.04 Å². The molecule has 0 aromatic heterocycles. The number of nitrogens with zero attached hydrogens (tertiary/aromatic N) is 1. The number of carbonyl (C=O) groups excluding carboxylic acids is 1. The van der Waals surface area contributed by atoms with Crippen molar-refractivity contribution in [3.8, 4) is 0 Å². The molecule has 1 heterocycles. The number of piperidine rings is 1. The summed E-state index contributed by atoms with van der Waals surface area (Å²) in [6.07, 6.45) is 4.58. The van der Waals surface area contributed by atoms with Crippen molar-refractivity contribution < 1.29 is 4.79 Å². The zero-order valence-corrected chi connectivity index (χ0v) is 6.42. The molecule has 0 spiro atoms. The molecule has 1 aliphatic heterocycles. The molecular formula is C8H14NO. The lowest BCUT2D eigenvalue weighted by molar-refractivity contribution is -0.111. The maximum atomic E-state index is 10.3. The number of carbonyl (C=O) groups is 1. The third-order valence-electron chi connectivity index (χ3n) is 2.09. The molecule has 2 atom stereocenters. The molecule has 10 heavy (non-hydrogen) atoms. The smallest absolute Gasteiger partial charge is 0.124 e. The molecule has 0 aromatic rings. The van der Waals surface area contributed by atoms with Gasteiger partial charge in [0.25, 0.3) is 0 Å². The van der Waals surface area contributed by atoms with Crippen LogP contribution >= 0.6 is 0 Å². The van der Waals surface area contributed by atoms with E-state index in [1.807, 2.05) is 6.92 Å². The third-order valence-corrected chi connectivity index (χ3v) is 2.09. The van der Waals surface area contributed by atoms with E-state index in [-0.39, 0.29) is 5.92 Å². The molecule has 2 unspecified atom stereocenters. The van der Waals surface area contributed by atoms with Gasteiger partial charge in [0.1, 0.15) is 6.29 Å².